The lowest BCUT2D eigenvalue weighted by molar-refractivity contribution is -0.122. The Kier molecular flexibility index (Phi) is 2.45. The van der Waals surface area contributed by atoms with Crippen LogP contribution in [0, 0.1) is 0 Å². The molecule has 0 unspecified atom stereocenters. The fourth-order valence-corrected chi connectivity index (χ4v) is 1.87. The number of fused-ring (bicyclic) bond motifs is 1. The van der Waals surface area contributed by atoms with E-state index in [4.69, 9.17) is 26.4 Å². The van der Waals surface area contributed by atoms with Crippen molar-refractivity contribution in [2.75, 3.05) is 13.8 Å². The number of hydrogen-bond donors (Lipinski definition) is 0. The second kappa shape index (κ2) is 3.99. The van der Waals surface area contributed by atoms with Crippen LogP contribution in [0.15, 0.2) is 24.0 Å². The highest BCUT2D eigenvalue weighted by Crippen LogP contribution is 2.33. The van der Waals surface area contributed by atoms with Crippen molar-refractivity contribution in [1.29, 1.82) is 0 Å². The van der Waals surface area contributed by atoms with Gasteiger partial charge in [0.1, 0.15) is 0 Å². The van der Waals surface area contributed by atoms with Crippen LogP contribution in [-0.4, -0.2) is 29.8 Å². The smallest absolute Gasteiger partial charge is 0.296 e. The van der Waals surface area contributed by atoms with Crippen molar-refractivity contribution in [3.05, 3.63) is 29.5 Å². The summed E-state index contributed by atoms with van der Waals surface area (Å²) in [5, 5.41) is 0.159. The van der Waals surface area contributed by atoms with Crippen LogP contribution in [0.3, 0.4) is 0 Å². The van der Waals surface area contributed by atoms with Gasteiger partial charge in [0, 0.05) is 7.05 Å². The summed E-state index contributed by atoms with van der Waals surface area (Å²) in [5.74, 6) is 1.31. The van der Waals surface area contributed by atoms with Gasteiger partial charge in [0.25, 0.3) is 11.1 Å². The van der Waals surface area contributed by atoms with E-state index in [0.717, 1.165) is 5.56 Å². The van der Waals surface area contributed by atoms with Crippen LogP contribution in [-0.2, 0) is 9.53 Å². The van der Waals surface area contributed by atoms with E-state index in [1.807, 2.05) is 6.07 Å². The van der Waals surface area contributed by atoms with E-state index < -0.39 is 0 Å². The molecule has 6 heteroatoms. The lowest BCUT2D eigenvalue weighted by Gasteiger charge is -2.00. The molecule has 0 saturated carbocycles. The Balaban J connectivity index is 1.93. The number of rotatable bonds is 1. The van der Waals surface area contributed by atoms with E-state index in [9.17, 15) is 4.79 Å². The maximum Gasteiger partial charge on any atom is 0.296 e. The lowest BCUT2D eigenvalue weighted by atomic mass is 10.2. The van der Waals surface area contributed by atoms with Crippen LogP contribution in [0.1, 0.15) is 5.56 Å². The van der Waals surface area contributed by atoms with Gasteiger partial charge >= 0.3 is 0 Å². The number of nitrogens with zero attached hydrogens (tertiary/aromatic N) is 1. The third-order valence-corrected chi connectivity index (χ3v) is 3.04. The number of thiocarbonyl (C=S) groups is 1. The maximum absolute atomic E-state index is 11.7. The largest absolute Gasteiger partial charge is 0.454 e. The first-order chi connectivity index (χ1) is 8.65. The van der Waals surface area contributed by atoms with E-state index in [0.29, 0.717) is 11.5 Å². The van der Waals surface area contributed by atoms with Crippen molar-refractivity contribution in [3.8, 4) is 11.5 Å². The van der Waals surface area contributed by atoms with E-state index in [1.165, 1.54) is 4.90 Å². The summed E-state index contributed by atoms with van der Waals surface area (Å²) >= 11 is 4.89. The molecule has 0 aliphatic carbocycles. The van der Waals surface area contributed by atoms with Gasteiger partial charge in [0.15, 0.2) is 17.3 Å². The number of ether oxygens (including phenoxy) is 3. The van der Waals surface area contributed by atoms with Crippen molar-refractivity contribution in [3.63, 3.8) is 0 Å². The van der Waals surface area contributed by atoms with Gasteiger partial charge < -0.3 is 14.2 Å². The van der Waals surface area contributed by atoms with Crippen LogP contribution in [0.4, 0.5) is 0 Å². The fourth-order valence-electron chi connectivity index (χ4n) is 1.70. The molecule has 2 aliphatic heterocycles. The zero-order valence-electron chi connectivity index (χ0n) is 9.50. The number of hydrogen-bond acceptors (Lipinski definition) is 5. The number of benzene rings is 1. The summed E-state index contributed by atoms with van der Waals surface area (Å²) in [6.07, 6.45) is 1.63. The number of amides is 1. The Morgan fingerprint density at radius 1 is 1.33 bits per heavy atom. The Labute approximate surface area is 109 Å². The highest BCUT2D eigenvalue weighted by molar-refractivity contribution is 7.80. The van der Waals surface area contributed by atoms with Crippen molar-refractivity contribution >= 4 is 29.4 Å². The molecule has 0 aromatic heterocycles. The van der Waals surface area contributed by atoms with Crippen molar-refractivity contribution < 1.29 is 19.0 Å². The highest BCUT2D eigenvalue weighted by Gasteiger charge is 2.30. The van der Waals surface area contributed by atoms with Gasteiger partial charge in [-0.3, -0.25) is 9.69 Å². The molecule has 0 atom stereocenters. The molecular weight excluding hydrogens is 254 g/mol. The predicted molar refractivity (Wildman–Crippen MR) is 67.0 cm³/mol. The van der Waals surface area contributed by atoms with E-state index in [-0.39, 0.29) is 23.6 Å². The van der Waals surface area contributed by atoms with Crippen molar-refractivity contribution in [2.24, 2.45) is 0 Å². The zero-order valence-corrected chi connectivity index (χ0v) is 10.3. The van der Waals surface area contributed by atoms with Gasteiger partial charge in [0.2, 0.25) is 6.79 Å². The third kappa shape index (κ3) is 1.70. The van der Waals surface area contributed by atoms with Gasteiger partial charge in [-0.15, -0.1) is 0 Å². The molecule has 0 N–H and O–H groups in total. The zero-order chi connectivity index (χ0) is 12.7. The number of carbonyl (C=O) groups is 1. The van der Waals surface area contributed by atoms with Crippen LogP contribution in [0.2, 0.25) is 0 Å². The molecular formula is C12H9NO4S. The second-order valence-electron chi connectivity index (χ2n) is 3.85. The van der Waals surface area contributed by atoms with Crippen LogP contribution < -0.4 is 9.47 Å². The Morgan fingerprint density at radius 2 is 2.11 bits per heavy atom. The summed E-state index contributed by atoms with van der Waals surface area (Å²) in [5.41, 5.74) is 0.792. The lowest BCUT2D eigenvalue weighted by Crippen LogP contribution is -2.22. The van der Waals surface area contributed by atoms with Gasteiger partial charge in [-0.1, -0.05) is 6.07 Å². The minimum Gasteiger partial charge on any atom is -0.454 e. The molecule has 1 amide bonds. The molecule has 1 fully saturated rings. The summed E-state index contributed by atoms with van der Waals surface area (Å²) in [4.78, 5) is 13.0. The average molecular weight is 263 g/mol. The van der Waals surface area contributed by atoms with Crippen LogP contribution in [0.25, 0.3) is 6.08 Å². The molecule has 0 bridgehead atoms. The summed E-state index contributed by atoms with van der Waals surface area (Å²) in [6, 6.07) is 5.39. The first kappa shape index (κ1) is 11.0. The van der Waals surface area contributed by atoms with E-state index >= 15 is 0 Å². The first-order valence-corrected chi connectivity index (χ1v) is 5.67. The van der Waals surface area contributed by atoms with Gasteiger partial charge in [-0.25, -0.2) is 0 Å². The maximum atomic E-state index is 11.7. The van der Waals surface area contributed by atoms with Crippen molar-refractivity contribution in [2.45, 2.75) is 0 Å². The molecule has 1 saturated heterocycles. The van der Waals surface area contributed by atoms with Crippen molar-refractivity contribution in [1.82, 2.24) is 4.90 Å². The fraction of sp³-hybridized carbons (Fsp3) is 0.167. The second-order valence-corrected chi connectivity index (χ2v) is 4.20. The Hall–Kier alpha value is -2.08. The molecule has 2 heterocycles. The van der Waals surface area contributed by atoms with Gasteiger partial charge in [0.05, 0.1) is 0 Å². The quantitative estimate of drug-likeness (QED) is 0.568. The minimum absolute atomic E-state index is 0.159. The Morgan fingerprint density at radius 3 is 2.83 bits per heavy atom. The van der Waals surface area contributed by atoms with E-state index in [1.54, 1.807) is 25.3 Å². The average Bonchev–Trinajstić information content (AvgIpc) is 2.91. The standard InChI is InChI=1S/C12H9NO4S/c1-13-11(14)10(17-12(13)18)5-7-2-3-8-9(4-7)16-6-15-8/h2-5H,6H2,1H3/b10-5+. The summed E-state index contributed by atoms with van der Waals surface area (Å²) in [6.45, 7) is 0.220. The highest BCUT2D eigenvalue weighted by atomic mass is 32.1. The molecule has 0 radical (unpaired) electrons. The summed E-state index contributed by atoms with van der Waals surface area (Å²) < 4.78 is 15.7. The molecule has 2 aliphatic rings. The summed E-state index contributed by atoms with van der Waals surface area (Å²) in [7, 11) is 1.57. The van der Waals surface area contributed by atoms with E-state index in [2.05, 4.69) is 0 Å². The topological polar surface area (TPSA) is 48.0 Å². The van der Waals surface area contributed by atoms with Gasteiger partial charge in [-0.2, -0.15) is 0 Å². The number of carbonyl (C=O) groups excluding carboxylic acids is 1. The molecule has 3 rings (SSSR count). The predicted octanol–water partition coefficient (Wildman–Crippen LogP) is 1.53. The third-order valence-electron chi connectivity index (χ3n) is 2.68. The molecule has 0 spiro atoms. The molecule has 1 aromatic carbocycles. The minimum atomic E-state index is -0.252. The SMILES string of the molecule is CN1C(=O)/C(=C\c2ccc3c(c2)OCO3)OC1=S. The normalized spacial score (nSPS) is 19.6. The molecule has 1 aromatic rings. The van der Waals surface area contributed by atoms with Crippen LogP contribution in [0.5, 0.6) is 11.5 Å². The van der Waals surface area contributed by atoms with Gasteiger partial charge in [-0.05, 0) is 36.0 Å². The monoisotopic (exact) mass is 263 g/mol. The van der Waals surface area contributed by atoms with Crippen LogP contribution >= 0.6 is 12.2 Å². The molecule has 5 nitrogen and oxygen atoms in total. The molecule has 18 heavy (non-hydrogen) atoms. The molecule has 92 valence electrons. The first-order valence-electron chi connectivity index (χ1n) is 5.26. The Bertz CT molecular complexity index is 581. The number of likely N-dealkylation sites (N-methyl/N-ethyl adjacent to an activating group) is 1.